The first-order valence-electron chi connectivity index (χ1n) is 10.2. The van der Waals surface area contributed by atoms with Crippen molar-refractivity contribution >= 4 is 11.6 Å². The highest BCUT2D eigenvalue weighted by Gasteiger charge is 2.37. The van der Waals surface area contributed by atoms with Gasteiger partial charge < -0.3 is 15.0 Å². The summed E-state index contributed by atoms with van der Waals surface area (Å²) < 4.78 is 83.0. The highest BCUT2D eigenvalue weighted by atomic mass is 19.4. The first kappa shape index (κ1) is 24.7. The van der Waals surface area contributed by atoms with Crippen LogP contribution in [0.3, 0.4) is 0 Å². The zero-order valence-electron chi connectivity index (χ0n) is 17.8. The largest absolute Gasteiger partial charge is 0.497 e. The Bertz CT molecular complexity index is 920. The number of benzene rings is 2. The van der Waals surface area contributed by atoms with Crippen LogP contribution in [0, 0.1) is 0 Å². The standard InChI is InChI=1S/C22H23F6N3O2/c1-33-19-4-2-18(3-5-19)31-10-8-30(9-11-31)7-6-29-20(32)15-12-16(21(23,24)25)14-17(13-15)22(26,27)28/h2-5,12-14H,6-11H2,1H3,(H,29,32). The maximum Gasteiger partial charge on any atom is 0.416 e. The van der Waals surface area contributed by atoms with E-state index >= 15 is 0 Å². The number of carbonyl (C=O) groups is 1. The van der Waals surface area contributed by atoms with Crippen LogP contribution in [0.1, 0.15) is 21.5 Å². The van der Waals surface area contributed by atoms with Gasteiger partial charge in [0.25, 0.3) is 5.91 Å². The third kappa shape index (κ3) is 6.53. The minimum Gasteiger partial charge on any atom is -0.497 e. The molecule has 1 heterocycles. The summed E-state index contributed by atoms with van der Waals surface area (Å²) in [5.41, 5.74) is -2.66. The van der Waals surface area contributed by atoms with Gasteiger partial charge in [0, 0.05) is 50.5 Å². The third-order valence-electron chi connectivity index (χ3n) is 5.37. The summed E-state index contributed by atoms with van der Waals surface area (Å²) in [5, 5.41) is 2.42. The molecule has 2 aromatic carbocycles. The number of carbonyl (C=O) groups excluding carboxylic acids is 1. The summed E-state index contributed by atoms with van der Waals surface area (Å²) in [6, 6.07) is 8.51. The Morgan fingerprint density at radius 1 is 0.909 bits per heavy atom. The second-order valence-corrected chi connectivity index (χ2v) is 7.58. The molecule has 0 unspecified atom stereocenters. The number of halogens is 6. The van der Waals surface area contributed by atoms with Crippen molar-refractivity contribution in [3.05, 3.63) is 59.2 Å². The molecule has 1 aliphatic heterocycles. The highest BCUT2D eigenvalue weighted by molar-refractivity contribution is 5.94. The quantitative estimate of drug-likeness (QED) is 0.634. The van der Waals surface area contributed by atoms with E-state index in [1.807, 2.05) is 24.3 Å². The third-order valence-corrected chi connectivity index (χ3v) is 5.37. The fraction of sp³-hybridized carbons (Fsp3) is 0.409. The molecule has 0 spiro atoms. The number of methoxy groups -OCH3 is 1. The molecular formula is C22H23F6N3O2. The van der Waals surface area contributed by atoms with Crippen LogP contribution in [0.4, 0.5) is 32.0 Å². The van der Waals surface area contributed by atoms with Crippen LogP contribution in [-0.4, -0.2) is 57.2 Å². The summed E-state index contributed by atoms with van der Waals surface area (Å²) >= 11 is 0. The van der Waals surface area contributed by atoms with Crippen LogP contribution < -0.4 is 15.0 Å². The van der Waals surface area contributed by atoms with E-state index in [9.17, 15) is 31.1 Å². The molecular weight excluding hydrogens is 452 g/mol. The highest BCUT2D eigenvalue weighted by Crippen LogP contribution is 2.36. The lowest BCUT2D eigenvalue weighted by Gasteiger charge is -2.36. The Labute approximate surface area is 186 Å². The summed E-state index contributed by atoms with van der Waals surface area (Å²) in [5.74, 6) is -0.222. The number of rotatable bonds is 6. The Balaban J connectivity index is 1.53. The summed E-state index contributed by atoms with van der Waals surface area (Å²) in [6.45, 7) is 3.39. The molecule has 33 heavy (non-hydrogen) atoms. The number of nitrogens with one attached hydrogen (secondary N) is 1. The second kappa shape index (κ2) is 9.90. The molecule has 2 aromatic rings. The average Bonchev–Trinajstić information content (AvgIpc) is 2.78. The van der Waals surface area contributed by atoms with E-state index in [-0.39, 0.29) is 12.6 Å². The predicted molar refractivity (Wildman–Crippen MR) is 110 cm³/mol. The monoisotopic (exact) mass is 475 g/mol. The minimum absolute atomic E-state index is 0.000913. The van der Waals surface area contributed by atoms with Crippen LogP contribution in [0.15, 0.2) is 42.5 Å². The van der Waals surface area contributed by atoms with E-state index in [0.29, 0.717) is 31.8 Å². The number of alkyl halides is 6. The van der Waals surface area contributed by atoms with E-state index in [4.69, 9.17) is 4.74 Å². The number of nitrogens with zero attached hydrogens (tertiary/aromatic N) is 2. The van der Waals surface area contributed by atoms with Crippen LogP contribution in [0.2, 0.25) is 0 Å². The van der Waals surface area contributed by atoms with Crippen molar-refractivity contribution in [1.82, 2.24) is 10.2 Å². The Morgan fingerprint density at radius 2 is 1.45 bits per heavy atom. The molecule has 1 saturated heterocycles. The van der Waals surface area contributed by atoms with Gasteiger partial charge in [-0.15, -0.1) is 0 Å². The Kier molecular flexibility index (Phi) is 7.41. The zero-order chi connectivity index (χ0) is 24.2. The topological polar surface area (TPSA) is 44.8 Å². The van der Waals surface area contributed by atoms with Gasteiger partial charge in [0.05, 0.1) is 18.2 Å². The fourth-order valence-corrected chi connectivity index (χ4v) is 3.54. The van der Waals surface area contributed by atoms with Gasteiger partial charge in [-0.25, -0.2) is 0 Å². The first-order valence-corrected chi connectivity index (χ1v) is 10.2. The maximum absolute atomic E-state index is 13.0. The fourth-order valence-electron chi connectivity index (χ4n) is 3.54. The minimum atomic E-state index is -5.00. The average molecular weight is 475 g/mol. The summed E-state index contributed by atoms with van der Waals surface area (Å²) in [7, 11) is 1.59. The SMILES string of the molecule is COc1ccc(N2CCN(CCNC(=O)c3cc(C(F)(F)F)cc(C(F)(F)F)c3)CC2)cc1. The van der Waals surface area contributed by atoms with Gasteiger partial charge in [0.15, 0.2) is 0 Å². The van der Waals surface area contributed by atoms with Crippen LogP contribution in [0.25, 0.3) is 0 Å². The van der Waals surface area contributed by atoms with Gasteiger partial charge in [0.2, 0.25) is 0 Å². The number of hydrogen-bond acceptors (Lipinski definition) is 4. The van der Waals surface area contributed by atoms with E-state index < -0.39 is 35.0 Å². The van der Waals surface area contributed by atoms with Gasteiger partial charge >= 0.3 is 12.4 Å². The Morgan fingerprint density at radius 3 is 1.94 bits per heavy atom. The lowest BCUT2D eigenvalue weighted by molar-refractivity contribution is -0.143. The molecule has 0 radical (unpaired) electrons. The summed E-state index contributed by atoms with van der Waals surface area (Å²) in [6.07, 6.45) is -10.0. The smallest absolute Gasteiger partial charge is 0.416 e. The number of anilines is 1. The molecule has 0 atom stereocenters. The molecule has 180 valence electrons. The van der Waals surface area contributed by atoms with Crippen LogP contribution in [0.5, 0.6) is 5.75 Å². The summed E-state index contributed by atoms with van der Waals surface area (Å²) in [4.78, 5) is 16.5. The maximum atomic E-state index is 13.0. The van der Waals surface area contributed by atoms with Crippen molar-refractivity contribution in [3.63, 3.8) is 0 Å². The molecule has 3 rings (SSSR count). The molecule has 5 nitrogen and oxygen atoms in total. The zero-order valence-corrected chi connectivity index (χ0v) is 17.8. The van der Waals surface area contributed by atoms with E-state index in [1.54, 1.807) is 7.11 Å². The molecule has 1 amide bonds. The van der Waals surface area contributed by atoms with Gasteiger partial charge in [-0.2, -0.15) is 26.3 Å². The van der Waals surface area contributed by atoms with Crippen molar-refractivity contribution in [2.24, 2.45) is 0 Å². The molecule has 1 fully saturated rings. The van der Waals surface area contributed by atoms with Crippen LogP contribution >= 0.6 is 0 Å². The predicted octanol–water partition coefficient (Wildman–Crippen LogP) is 4.28. The molecule has 1 aliphatic rings. The molecule has 0 aromatic heterocycles. The van der Waals surface area contributed by atoms with Crippen molar-refractivity contribution in [2.45, 2.75) is 12.4 Å². The van der Waals surface area contributed by atoms with Crippen molar-refractivity contribution in [1.29, 1.82) is 0 Å². The lowest BCUT2D eigenvalue weighted by Crippen LogP contribution is -2.48. The van der Waals surface area contributed by atoms with Crippen molar-refractivity contribution in [2.75, 3.05) is 51.3 Å². The van der Waals surface area contributed by atoms with Gasteiger partial charge in [-0.3, -0.25) is 9.69 Å². The van der Waals surface area contributed by atoms with E-state index in [1.165, 1.54) is 0 Å². The second-order valence-electron chi connectivity index (χ2n) is 7.58. The van der Waals surface area contributed by atoms with Crippen LogP contribution in [-0.2, 0) is 12.4 Å². The van der Waals surface area contributed by atoms with Gasteiger partial charge in [-0.05, 0) is 42.5 Å². The van der Waals surface area contributed by atoms with Gasteiger partial charge in [0.1, 0.15) is 5.75 Å². The molecule has 0 bridgehead atoms. The van der Waals surface area contributed by atoms with Crippen molar-refractivity contribution in [3.8, 4) is 5.75 Å². The first-order chi connectivity index (χ1) is 15.5. The number of amides is 1. The number of hydrogen-bond donors (Lipinski definition) is 1. The lowest BCUT2D eigenvalue weighted by atomic mass is 10.0. The van der Waals surface area contributed by atoms with Gasteiger partial charge in [-0.1, -0.05) is 0 Å². The molecule has 0 aliphatic carbocycles. The number of piperazine rings is 1. The van der Waals surface area contributed by atoms with Crippen molar-refractivity contribution < 1.29 is 35.9 Å². The van der Waals surface area contributed by atoms with E-state index in [2.05, 4.69) is 15.1 Å². The normalized spacial score (nSPS) is 15.4. The molecule has 11 heteroatoms. The number of ether oxygens (including phenoxy) is 1. The Hall–Kier alpha value is -2.95. The molecule has 0 saturated carbocycles. The molecule has 1 N–H and O–H groups in total. The van der Waals surface area contributed by atoms with E-state index in [0.717, 1.165) is 24.5 Å².